The SMILES string of the molecule is c1c2c(cc3c1SC(=C1SC4=C(SCCS4)S1)S3)OP1(=NP3(=NP4(=N1)Oc1cc5c(cc1O4)SC(=C1SC4=C(SCCS4)S1)S5)Oc1cc4c(cc1O3)SC(=C1SC3=C(SCCS3)S1)S4)O2. The lowest BCUT2D eigenvalue weighted by Crippen LogP contribution is -2.02. The van der Waals surface area contributed by atoms with Crippen LogP contribution in [0.25, 0.3) is 0 Å². The molecular formula is C36H18N3O6P3S18. The van der Waals surface area contributed by atoms with Gasteiger partial charge in [0.25, 0.3) is 0 Å². The minimum absolute atomic E-state index is 0.585. The van der Waals surface area contributed by atoms with E-state index in [4.69, 9.17) is 40.7 Å². The van der Waals surface area contributed by atoms with Gasteiger partial charge in [0.05, 0.1) is 50.8 Å². The van der Waals surface area contributed by atoms with Crippen molar-refractivity contribution in [3.63, 3.8) is 0 Å². The van der Waals surface area contributed by atoms with Gasteiger partial charge in [0.1, 0.15) is 0 Å². The Kier molecular flexibility index (Phi) is 11.4. The molecule has 0 bridgehead atoms. The first-order chi connectivity index (χ1) is 32.3. The quantitative estimate of drug-likeness (QED) is 0.200. The Bertz CT molecular complexity index is 2780. The van der Waals surface area contributed by atoms with E-state index in [1.165, 1.54) is 85.4 Å². The fourth-order valence-electron chi connectivity index (χ4n) is 7.32. The van der Waals surface area contributed by atoms with Gasteiger partial charge < -0.3 is 27.1 Å². The zero-order valence-corrected chi connectivity index (χ0v) is 49.6. The van der Waals surface area contributed by atoms with E-state index >= 15 is 0 Å². The highest BCUT2D eigenvalue weighted by Gasteiger charge is 2.55. The molecule has 3 aromatic rings. The number of nitrogens with zero attached hydrogens (tertiary/aromatic N) is 3. The average Bonchev–Trinajstić information content (AvgIpc) is 4.16. The van der Waals surface area contributed by atoms with Gasteiger partial charge in [-0.1, -0.05) is 155 Å². The van der Waals surface area contributed by atoms with Crippen molar-refractivity contribution in [2.75, 3.05) is 34.5 Å². The first kappa shape index (κ1) is 44.2. The minimum atomic E-state index is -3.56. The van der Waals surface area contributed by atoms with E-state index in [9.17, 15) is 0 Å². The second-order valence-electron chi connectivity index (χ2n) is 14.3. The molecule has 13 aliphatic rings. The Morgan fingerprint density at radius 3 is 0.636 bits per heavy atom. The highest BCUT2D eigenvalue weighted by molar-refractivity contribution is 8.44. The number of benzene rings is 3. The monoisotopic (exact) mass is 1260 g/mol. The molecule has 0 N–H and O–H groups in total. The van der Waals surface area contributed by atoms with E-state index in [1.54, 1.807) is 70.6 Å². The number of fused-ring (bicyclic) bond motifs is 6. The fourth-order valence-corrected chi connectivity index (χ4v) is 42.7. The molecule has 0 radical (unpaired) electrons. The van der Waals surface area contributed by atoms with Crippen LogP contribution in [0.2, 0.25) is 0 Å². The first-order valence-electron chi connectivity index (χ1n) is 19.3. The molecule has 0 saturated carbocycles. The molecule has 13 heterocycles. The summed E-state index contributed by atoms with van der Waals surface area (Å²) in [6, 6.07) is 12.4. The maximum absolute atomic E-state index is 6.87. The molecular weight excluding hydrogens is 1240 g/mol. The van der Waals surface area contributed by atoms with Crippen LogP contribution in [0.5, 0.6) is 34.5 Å². The topological polar surface area (TPSA) is 92.5 Å². The third-order valence-electron chi connectivity index (χ3n) is 9.99. The third-order valence-corrected chi connectivity index (χ3v) is 44.5. The predicted octanol–water partition coefficient (Wildman–Crippen LogP) is 20.5. The third kappa shape index (κ3) is 7.61. The lowest BCUT2D eigenvalue weighted by molar-refractivity contribution is 0.519. The Morgan fingerprint density at radius 2 is 0.439 bits per heavy atom. The van der Waals surface area contributed by atoms with Crippen molar-refractivity contribution in [1.82, 2.24) is 0 Å². The van der Waals surface area contributed by atoms with Crippen molar-refractivity contribution in [2.45, 2.75) is 29.4 Å². The molecule has 0 aliphatic carbocycles. The van der Waals surface area contributed by atoms with E-state index in [-0.39, 0.29) is 0 Å². The Hall–Kier alpha value is 1.89. The molecule has 336 valence electrons. The van der Waals surface area contributed by atoms with E-state index in [0.717, 1.165) is 29.4 Å². The zero-order valence-electron chi connectivity index (χ0n) is 32.2. The highest BCUT2D eigenvalue weighted by Crippen LogP contribution is 2.84. The zero-order chi connectivity index (χ0) is 42.9. The van der Waals surface area contributed by atoms with Crippen molar-refractivity contribution in [1.29, 1.82) is 0 Å². The minimum Gasteiger partial charge on any atom is -0.409 e. The molecule has 16 rings (SSSR count). The van der Waals surface area contributed by atoms with E-state index in [1.807, 2.05) is 141 Å². The summed E-state index contributed by atoms with van der Waals surface area (Å²) in [5, 5.41) is 0. The largest absolute Gasteiger partial charge is 0.461 e. The van der Waals surface area contributed by atoms with Crippen LogP contribution in [0.15, 0.2) is 130 Å². The molecule has 30 heteroatoms. The van der Waals surface area contributed by atoms with Gasteiger partial charge in [-0.25, -0.2) is 0 Å². The molecule has 66 heavy (non-hydrogen) atoms. The molecule has 3 aromatic carbocycles. The van der Waals surface area contributed by atoms with Crippen molar-refractivity contribution < 1.29 is 27.1 Å². The van der Waals surface area contributed by atoms with Crippen molar-refractivity contribution in [3.05, 3.63) is 87.2 Å². The van der Waals surface area contributed by atoms with Crippen LogP contribution in [0.3, 0.4) is 0 Å². The van der Waals surface area contributed by atoms with Crippen LogP contribution < -0.4 is 27.1 Å². The van der Waals surface area contributed by atoms with Gasteiger partial charge in [-0.05, 0) is 36.4 Å². The Morgan fingerprint density at radius 1 is 0.258 bits per heavy atom. The van der Waals surface area contributed by atoms with Crippen molar-refractivity contribution >= 4 is 235 Å². The van der Waals surface area contributed by atoms with Crippen LogP contribution in [0.1, 0.15) is 0 Å². The summed E-state index contributed by atoms with van der Waals surface area (Å²) in [4.78, 5) is 6.73. The van der Waals surface area contributed by atoms with Crippen LogP contribution in [-0.4, -0.2) is 34.5 Å². The van der Waals surface area contributed by atoms with E-state index < -0.39 is 23.0 Å². The molecule has 0 unspecified atom stereocenters. The van der Waals surface area contributed by atoms with Gasteiger partial charge in [0.2, 0.25) is 0 Å². The maximum atomic E-state index is 6.87. The molecule has 13 aliphatic heterocycles. The normalized spacial score (nSPS) is 25.8. The number of rotatable bonds is 0. The fraction of sp³-hybridized carbons (Fsp3) is 0.167. The average molecular weight is 1260 g/mol. The van der Waals surface area contributed by atoms with Crippen LogP contribution in [-0.2, 0) is 0 Å². The molecule has 0 saturated heterocycles. The van der Waals surface area contributed by atoms with Crippen molar-refractivity contribution in [3.8, 4) is 34.5 Å². The smallest absolute Gasteiger partial charge is 0.409 e. The van der Waals surface area contributed by atoms with Gasteiger partial charge in [-0.3, -0.25) is 0 Å². The second-order valence-corrected chi connectivity index (χ2v) is 42.6. The molecule has 0 amide bonds. The van der Waals surface area contributed by atoms with Gasteiger partial charge in [0, 0.05) is 63.9 Å². The van der Waals surface area contributed by atoms with E-state index in [0.29, 0.717) is 34.5 Å². The van der Waals surface area contributed by atoms with Gasteiger partial charge in [-0.2, -0.15) is 0 Å². The summed E-state index contributed by atoms with van der Waals surface area (Å²) in [5.74, 6) is 10.5. The summed E-state index contributed by atoms with van der Waals surface area (Å²) in [5.41, 5.74) is 0. The molecule has 0 fully saturated rings. The number of hydrogen-bond donors (Lipinski definition) is 0. The van der Waals surface area contributed by atoms with Crippen LogP contribution in [0, 0.1) is 0 Å². The standard InChI is InChI=1S/C36H18N3O6P3S18/c1-2-50-26-25(49-1)61-34(62-26)31-55-19-7-13-14(8-20(19)56-31)41-46(40-13)37-47(42-15-9-21-22(10-16(15)43-47)58-32(57-21)35-63-27-28(64-35)52-4-3-51-27)39-48(38-46)44-17-11-23-24(12-18(17)45-48)60-33(59-23)36-65-29-30(66-36)54-6-5-53-29/h7-12H,1-6H2. The van der Waals surface area contributed by atoms with Gasteiger partial charge in [-0.15, -0.1) is 70.6 Å². The summed E-state index contributed by atoms with van der Waals surface area (Å²) < 4.78 is 73.4. The summed E-state index contributed by atoms with van der Waals surface area (Å²) in [7, 11) is -10.7. The van der Waals surface area contributed by atoms with E-state index in [2.05, 4.69) is 36.4 Å². The second kappa shape index (κ2) is 17.0. The Balaban J connectivity index is 0.733. The molecule has 0 aromatic heterocycles. The highest BCUT2D eigenvalue weighted by atomic mass is 32.3. The maximum Gasteiger partial charge on any atom is 0.461 e. The number of thioether (sulfide) groups is 18. The van der Waals surface area contributed by atoms with Crippen LogP contribution >= 0.6 is 235 Å². The lowest BCUT2D eigenvalue weighted by atomic mass is 10.3. The lowest BCUT2D eigenvalue weighted by Gasteiger charge is -2.24. The molecule has 0 atom stereocenters. The van der Waals surface area contributed by atoms with Gasteiger partial charge in [0.15, 0.2) is 34.5 Å². The van der Waals surface area contributed by atoms with Gasteiger partial charge >= 0.3 is 23.0 Å². The van der Waals surface area contributed by atoms with Crippen molar-refractivity contribution in [2.24, 2.45) is 13.5 Å². The summed E-state index contributed by atoms with van der Waals surface area (Å²) in [6.45, 7) is 0. The predicted molar refractivity (Wildman–Crippen MR) is 309 cm³/mol. The summed E-state index contributed by atoms with van der Waals surface area (Å²) >= 11 is 34.0. The molecule has 3 spiro atoms. The van der Waals surface area contributed by atoms with Crippen LogP contribution in [0.4, 0.5) is 0 Å². The molecule has 9 nitrogen and oxygen atoms in total. The first-order valence-corrected chi connectivity index (χ1v) is 39.6. The Labute approximate surface area is 454 Å². The number of hydrogen-bond acceptors (Lipinski definition) is 27. The summed E-state index contributed by atoms with van der Waals surface area (Å²) in [6.07, 6.45) is 0.